The predicted molar refractivity (Wildman–Crippen MR) is 84.9 cm³/mol. The van der Waals surface area contributed by atoms with Crippen LogP contribution in [0.15, 0.2) is 48.5 Å². The summed E-state index contributed by atoms with van der Waals surface area (Å²) in [5.41, 5.74) is 5.57. The lowest BCUT2D eigenvalue weighted by atomic mass is 9.95. The summed E-state index contributed by atoms with van der Waals surface area (Å²) in [6.07, 6.45) is 4.97. The standard InChI is InChI=1S/C18H16ClN/c19-13-9-11-14(12-10-13)20-17-7-3-1-5-15(17)16-6-2-4-8-18(16)20/h1,3,5,7,9-12H,2,4,6,8H2. The molecule has 1 nitrogen and oxygen atoms in total. The summed E-state index contributed by atoms with van der Waals surface area (Å²) in [5.74, 6) is 0. The van der Waals surface area contributed by atoms with Crippen molar-refractivity contribution in [1.82, 2.24) is 4.57 Å². The molecule has 4 rings (SSSR count). The van der Waals surface area contributed by atoms with Crippen molar-refractivity contribution in [2.45, 2.75) is 25.7 Å². The van der Waals surface area contributed by atoms with Gasteiger partial charge in [0.15, 0.2) is 0 Å². The molecule has 0 spiro atoms. The molecule has 0 radical (unpaired) electrons. The molecule has 0 aliphatic heterocycles. The second kappa shape index (κ2) is 4.68. The highest BCUT2D eigenvalue weighted by molar-refractivity contribution is 6.30. The van der Waals surface area contributed by atoms with Crippen LogP contribution in [0, 0.1) is 0 Å². The lowest BCUT2D eigenvalue weighted by Gasteiger charge is -2.16. The average Bonchev–Trinajstić information content (AvgIpc) is 2.83. The van der Waals surface area contributed by atoms with E-state index in [-0.39, 0.29) is 0 Å². The van der Waals surface area contributed by atoms with Crippen molar-refractivity contribution in [3.63, 3.8) is 0 Å². The minimum absolute atomic E-state index is 0.791. The zero-order valence-electron chi connectivity index (χ0n) is 11.3. The smallest absolute Gasteiger partial charge is 0.0534 e. The number of hydrogen-bond donors (Lipinski definition) is 0. The van der Waals surface area contributed by atoms with Crippen LogP contribution in [-0.2, 0) is 12.8 Å². The molecule has 0 saturated carbocycles. The van der Waals surface area contributed by atoms with Crippen LogP contribution in [-0.4, -0.2) is 4.57 Å². The van der Waals surface area contributed by atoms with E-state index in [1.165, 1.54) is 48.0 Å². The molecule has 0 atom stereocenters. The SMILES string of the molecule is Clc1ccc(-n2c3c(c4ccccc42)CCCC3)cc1. The summed E-state index contributed by atoms with van der Waals surface area (Å²) in [4.78, 5) is 0. The molecule has 0 fully saturated rings. The van der Waals surface area contributed by atoms with Crippen molar-refractivity contribution >= 4 is 22.5 Å². The first-order valence-corrected chi connectivity index (χ1v) is 7.59. The van der Waals surface area contributed by atoms with E-state index in [1.807, 2.05) is 12.1 Å². The summed E-state index contributed by atoms with van der Waals surface area (Å²) in [5, 5.41) is 2.20. The van der Waals surface area contributed by atoms with Crippen LogP contribution in [0.3, 0.4) is 0 Å². The molecule has 1 aliphatic carbocycles. The van der Waals surface area contributed by atoms with Gasteiger partial charge in [0, 0.05) is 21.8 Å². The molecule has 0 bridgehead atoms. The normalized spacial score (nSPS) is 14.4. The number of halogens is 1. The number of hydrogen-bond acceptors (Lipinski definition) is 0. The summed E-state index contributed by atoms with van der Waals surface area (Å²) in [6.45, 7) is 0. The van der Waals surface area contributed by atoms with Crippen LogP contribution in [0.4, 0.5) is 0 Å². The van der Waals surface area contributed by atoms with Gasteiger partial charge in [-0.2, -0.15) is 0 Å². The molecule has 2 heteroatoms. The van der Waals surface area contributed by atoms with Gasteiger partial charge in [-0.15, -0.1) is 0 Å². The van der Waals surface area contributed by atoms with E-state index in [1.54, 1.807) is 5.56 Å². The van der Waals surface area contributed by atoms with Crippen LogP contribution in [0.1, 0.15) is 24.1 Å². The van der Waals surface area contributed by atoms with E-state index in [4.69, 9.17) is 11.6 Å². The highest BCUT2D eigenvalue weighted by atomic mass is 35.5. The fourth-order valence-corrected chi connectivity index (χ4v) is 3.51. The van der Waals surface area contributed by atoms with Gasteiger partial charge >= 0.3 is 0 Å². The first-order chi connectivity index (χ1) is 9.84. The van der Waals surface area contributed by atoms with Crippen molar-refractivity contribution in [1.29, 1.82) is 0 Å². The number of nitrogens with zero attached hydrogens (tertiary/aromatic N) is 1. The molecule has 0 saturated heterocycles. The van der Waals surface area contributed by atoms with E-state index < -0.39 is 0 Å². The Kier molecular flexibility index (Phi) is 2.82. The second-order valence-corrected chi connectivity index (χ2v) is 5.90. The van der Waals surface area contributed by atoms with Crippen molar-refractivity contribution in [2.75, 3.05) is 0 Å². The third-order valence-electron chi connectivity index (χ3n) is 4.26. The molecule has 1 aromatic heterocycles. The van der Waals surface area contributed by atoms with Crippen LogP contribution >= 0.6 is 11.6 Å². The third kappa shape index (κ3) is 1.77. The van der Waals surface area contributed by atoms with Gasteiger partial charge in [-0.3, -0.25) is 0 Å². The first kappa shape index (κ1) is 12.0. The van der Waals surface area contributed by atoms with E-state index in [9.17, 15) is 0 Å². The van der Waals surface area contributed by atoms with Gasteiger partial charge in [0.2, 0.25) is 0 Å². The zero-order valence-corrected chi connectivity index (χ0v) is 12.0. The highest BCUT2D eigenvalue weighted by Gasteiger charge is 2.20. The van der Waals surface area contributed by atoms with Crippen molar-refractivity contribution < 1.29 is 0 Å². The maximum Gasteiger partial charge on any atom is 0.0534 e. The lowest BCUT2D eigenvalue weighted by molar-refractivity contribution is 0.667. The molecular formula is C18H16ClN. The zero-order chi connectivity index (χ0) is 13.5. The molecule has 0 N–H and O–H groups in total. The Hall–Kier alpha value is -1.73. The third-order valence-corrected chi connectivity index (χ3v) is 4.52. The molecule has 1 aliphatic rings. The maximum atomic E-state index is 6.03. The number of benzene rings is 2. The minimum atomic E-state index is 0.791. The number of aryl methyl sites for hydroxylation is 1. The number of para-hydroxylation sites is 1. The van der Waals surface area contributed by atoms with Gasteiger partial charge in [-0.05, 0) is 61.6 Å². The highest BCUT2D eigenvalue weighted by Crippen LogP contribution is 2.34. The summed E-state index contributed by atoms with van der Waals surface area (Å²) in [6, 6.07) is 16.9. The van der Waals surface area contributed by atoms with E-state index >= 15 is 0 Å². The monoisotopic (exact) mass is 281 g/mol. The van der Waals surface area contributed by atoms with Gasteiger partial charge in [0.05, 0.1) is 5.52 Å². The average molecular weight is 282 g/mol. The Morgan fingerprint density at radius 2 is 1.60 bits per heavy atom. The van der Waals surface area contributed by atoms with E-state index in [2.05, 4.69) is 41.0 Å². The summed E-state index contributed by atoms with van der Waals surface area (Å²) < 4.78 is 2.42. The first-order valence-electron chi connectivity index (χ1n) is 7.22. The van der Waals surface area contributed by atoms with Gasteiger partial charge in [-0.25, -0.2) is 0 Å². The predicted octanol–water partition coefficient (Wildman–Crippen LogP) is 5.16. The molecule has 3 aromatic rings. The molecule has 0 unspecified atom stereocenters. The Morgan fingerprint density at radius 3 is 2.45 bits per heavy atom. The quantitative estimate of drug-likeness (QED) is 0.580. The van der Waals surface area contributed by atoms with Crippen molar-refractivity contribution in [2.24, 2.45) is 0 Å². The summed E-state index contributed by atoms with van der Waals surface area (Å²) >= 11 is 6.03. The molecule has 0 amide bonds. The maximum absolute atomic E-state index is 6.03. The number of fused-ring (bicyclic) bond motifs is 3. The van der Waals surface area contributed by atoms with E-state index in [0.29, 0.717) is 0 Å². The second-order valence-electron chi connectivity index (χ2n) is 5.46. The van der Waals surface area contributed by atoms with Gasteiger partial charge in [-0.1, -0.05) is 29.8 Å². The van der Waals surface area contributed by atoms with E-state index in [0.717, 1.165) is 5.02 Å². The number of rotatable bonds is 1. The Labute approximate surface area is 123 Å². The molecule has 1 heterocycles. The molecule has 20 heavy (non-hydrogen) atoms. The van der Waals surface area contributed by atoms with Gasteiger partial charge in [0.1, 0.15) is 0 Å². The van der Waals surface area contributed by atoms with Gasteiger partial charge < -0.3 is 4.57 Å². The molecule has 2 aromatic carbocycles. The lowest BCUT2D eigenvalue weighted by Crippen LogP contribution is -2.06. The van der Waals surface area contributed by atoms with Crippen LogP contribution in [0.5, 0.6) is 0 Å². The Bertz CT molecular complexity index is 768. The summed E-state index contributed by atoms with van der Waals surface area (Å²) in [7, 11) is 0. The largest absolute Gasteiger partial charge is 0.313 e. The molecule has 100 valence electrons. The van der Waals surface area contributed by atoms with Crippen LogP contribution in [0.25, 0.3) is 16.6 Å². The van der Waals surface area contributed by atoms with Gasteiger partial charge in [0.25, 0.3) is 0 Å². The minimum Gasteiger partial charge on any atom is -0.313 e. The number of aromatic nitrogens is 1. The molecular weight excluding hydrogens is 266 g/mol. The van der Waals surface area contributed by atoms with Crippen LogP contribution < -0.4 is 0 Å². The van der Waals surface area contributed by atoms with Crippen molar-refractivity contribution in [3.05, 3.63) is 64.8 Å². The Balaban J connectivity index is 2.05. The Morgan fingerprint density at radius 1 is 0.850 bits per heavy atom. The topological polar surface area (TPSA) is 4.93 Å². The van der Waals surface area contributed by atoms with Crippen LogP contribution in [0.2, 0.25) is 5.02 Å². The van der Waals surface area contributed by atoms with Crippen molar-refractivity contribution in [3.8, 4) is 5.69 Å². The fraction of sp³-hybridized carbons (Fsp3) is 0.222. The fourth-order valence-electron chi connectivity index (χ4n) is 3.38.